The van der Waals surface area contributed by atoms with E-state index in [2.05, 4.69) is 47.3 Å². The standard InChI is InChI=1S/C16H12Br2N4O/c17-13-3-1-11(2-4-13)10-22-15(5-6-20-22)21-16(23)12-7-14(18)9-19-8-12/h1-9H,10H2,(H,21,23). The van der Waals surface area contributed by atoms with Crippen molar-refractivity contribution in [1.29, 1.82) is 0 Å². The topological polar surface area (TPSA) is 59.8 Å². The number of pyridine rings is 1. The average molecular weight is 436 g/mol. The van der Waals surface area contributed by atoms with Crippen molar-refractivity contribution in [3.8, 4) is 0 Å². The highest BCUT2D eigenvalue weighted by atomic mass is 79.9. The molecule has 0 aliphatic heterocycles. The van der Waals surface area contributed by atoms with Crippen LogP contribution in [0, 0.1) is 0 Å². The minimum absolute atomic E-state index is 0.226. The molecule has 0 spiro atoms. The molecule has 0 aliphatic rings. The van der Waals surface area contributed by atoms with Crippen LogP contribution in [0.3, 0.4) is 0 Å². The van der Waals surface area contributed by atoms with E-state index in [4.69, 9.17) is 0 Å². The maximum atomic E-state index is 12.3. The molecule has 5 nitrogen and oxygen atoms in total. The first-order valence-corrected chi connectivity index (χ1v) is 8.38. The zero-order valence-electron chi connectivity index (χ0n) is 11.9. The van der Waals surface area contributed by atoms with Crippen LogP contribution in [-0.4, -0.2) is 20.7 Å². The third-order valence-corrected chi connectivity index (χ3v) is 4.13. The molecule has 0 atom stereocenters. The maximum absolute atomic E-state index is 12.3. The molecule has 1 N–H and O–H groups in total. The monoisotopic (exact) mass is 434 g/mol. The Bertz CT molecular complexity index is 830. The summed E-state index contributed by atoms with van der Waals surface area (Å²) in [7, 11) is 0. The average Bonchev–Trinajstić information content (AvgIpc) is 2.96. The minimum atomic E-state index is -0.226. The van der Waals surface area contributed by atoms with Gasteiger partial charge in [0.05, 0.1) is 18.3 Å². The number of carbonyl (C=O) groups excluding carboxylic acids is 1. The van der Waals surface area contributed by atoms with Gasteiger partial charge in [0, 0.05) is 27.4 Å². The Morgan fingerprint density at radius 1 is 1.09 bits per heavy atom. The van der Waals surface area contributed by atoms with Gasteiger partial charge in [0.15, 0.2) is 0 Å². The summed E-state index contributed by atoms with van der Waals surface area (Å²) in [5, 5.41) is 7.12. The number of hydrogen-bond acceptors (Lipinski definition) is 3. The van der Waals surface area contributed by atoms with Crippen molar-refractivity contribution < 1.29 is 4.79 Å². The first kappa shape index (κ1) is 15.9. The molecule has 3 rings (SSSR count). The molecule has 1 amide bonds. The van der Waals surface area contributed by atoms with Crippen molar-refractivity contribution in [3.05, 3.63) is 75.1 Å². The highest BCUT2D eigenvalue weighted by Gasteiger charge is 2.10. The second-order valence-electron chi connectivity index (χ2n) is 4.85. The van der Waals surface area contributed by atoms with E-state index in [0.717, 1.165) is 14.5 Å². The molecule has 0 radical (unpaired) electrons. The molecule has 2 aromatic heterocycles. The first-order valence-electron chi connectivity index (χ1n) is 6.80. The van der Waals surface area contributed by atoms with Crippen LogP contribution in [0.25, 0.3) is 0 Å². The zero-order chi connectivity index (χ0) is 16.2. The molecule has 1 aromatic carbocycles. The molecule has 0 fully saturated rings. The summed E-state index contributed by atoms with van der Waals surface area (Å²) in [5.74, 6) is 0.411. The van der Waals surface area contributed by atoms with Gasteiger partial charge in [0.1, 0.15) is 5.82 Å². The summed E-state index contributed by atoms with van der Waals surface area (Å²) in [5.41, 5.74) is 1.58. The van der Waals surface area contributed by atoms with E-state index in [1.807, 2.05) is 24.3 Å². The fourth-order valence-corrected chi connectivity index (χ4v) is 2.68. The molecule has 7 heteroatoms. The van der Waals surface area contributed by atoms with E-state index < -0.39 is 0 Å². The van der Waals surface area contributed by atoms with Gasteiger partial charge >= 0.3 is 0 Å². The van der Waals surface area contributed by atoms with E-state index >= 15 is 0 Å². The predicted molar refractivity (Wildman–Crippen MR) is 95.4 cm³/mol. The minimum Gasteiger partial charge on any atom is -0.307 e. The number of aromatic nitrogens is 3. The summed E-state index contributed by atoms with van der Waals surface area (Å²) in [6, 6.07) is 11.5. The van der Waals surface area contributed by atoms with E-state index in [9.17, 15) is 4.79 Å². The number of hydrogen-bond donors (Lipinski definition) is 1. The number of rotatable bonds is 4. The Balaban J connectivity index is 1.75. The van der Waals surface area contributed by atoms with Crippen LogP contribution in [0.5, 0.6) is 0 Å². The van der Waals surface area contributed by atoms with Crippen molar-refractivity contribution in [2.24, 2.45) is 0 Å². The van der Waals surface area contributed by atoms with Crippen molar-refractivity contribution in [1.82, 2.24) is 14.8 Å². The van der Waals surface area contributed by atoms with Crippen molar-refractivity contribution in [2.75, 3.05) is 5.32 Å². The molecule has 0 aliphatic carbocycles. The summed E-state index contributed by atoms with van der Waals surface area (Å²) in [4.78, 5) is 16.3. The molecular weight excluding hydrogens is 424 g/mol. The predicted octanol–water partition coefficient (Wildman–Crippen LogP) is 4.10. The van der Waals surface area contributed by atoms with Gasteiger partial charge in [-0.3, -0.25) is 9.78 Å². The number of nitrogens with one attached hydrogen (secondary N) is 1. The van der Waals surface area contributed by atoms with Crippen LogP contribution >= 0.6 is 31.9 Å². The number of nitrogens with zero attached hydrogens (tertiary/aromatic N) is 3. The Kier molecular flexibility index (Phi) is 4.88. The van der Waals surface area contributed by atoms with Crippen molar-refractivity contribution >= 4 is 43.6 Å². The van der Waals surface area contributed by atoms with Crippen molar-refractivity contribution in [2.45, 2.75) is 6.54 Å². The summed E-state index contributed by atoms with van der Waals surface area (Å²) < 4.78 is 3.53. The molecule has 0 saturated heterocycles. The van der Waals surface area contributed by atoms with Crippen LogP contribution in [-0.2, 0) is 6.54 Å². The molecular formula is C16H12Br2N4O. The SMILES string of the molecule is O=C(Nc1ccnn1Cc1ccc(Br)cc1)c1cncc(Br)c1. The highest BCUT2D eigenvalue weighted by molar-refractivity contribution is 9.10. The lowest BCUT2D eigenvalue weighted by molar-refractivity contribution is 0.102. The van der Waals surface area contributed by atoms with Gasteiger partial charge in [-0.05, 0) is 39.7 Å². The Morgan fingerprint density at radius 2 is 1.87 bits per heavy atom. The second-order valence-corrected chi connectivity index (χ2v) is 6.68. The lowest BCUT2D eigenvalue weighted by atomic mass is 10.2. The molecule has 2 heterocycles. The number of halogens is 2. The number of amides is 1. The van der Waals surface area contributed by atoms with Gasteiger partial charge in [0.2, 0.25) is 0 Å². The smallest absolute Gasteiger partial charge is 0.258 e. The van der Waals surface area contributed by atoms with E-state index in [-0.39, 0.29) is 5.91 Å². The first-order chi connectivity index (χ1) is 11.1. The Morgan fingerprint density at radius 3 is 2.61 bits per heavy atom. The van der Waals surface area contributed by atoms with E-state index in [1.165, 1.54) is 6.20 Å². The van der Waals surface area contributed by atoms with Crippen molar-refractivity contribution in [3.63, 3.8) is 0 Å². The van der Waals surface area contributed by atoms with Crippen LogP contribution in [0.15, 0.2) is 63.9 Å². The van der Waals surface area contributed by atoms with Gasteiger partial charge in [0.25, 0.3) is 5.91 Å². The quantitative estimate of drug-likeness (QED) is 0.670. The van der Waals surface area contributed by atoms with Crippen LogP contribution in [0.2, 0.25) is 0 Å². The van der Waals surface area contributed by atoms with Gasteiger partial charge < -0.3 is 5.32 Å². The third kappa shape index (κ3) is 4.05. The third-order valence-electron chi connectivity index (χ3n) is 3.17. The lowest BCUT2D eigenvalue weighted by Crippen LogP contribution is -2.16. The Hall–Kier alpha value is -1.99. The number of benzene rings is 1. The lowest BCUT2D eigenvalue weighted by Gasteiger charge is -2.09. The fourth-order valence-electron chi connectivity index (χ4n) is 2.05. The summed E-state index contributed by atoms with van der Waals surface area (Å²) >= 11 is 6.72. The van der Waals surface area contributed by atoms with Gasteiger partial charge in [-0.25, -0.2) is 4.68 Å². The largest absolute Gasteiger partial charge is 0.307 e. The normalized spacial score (nSPS) is 10.5. The van der Waals surface area contributed by atoms with E-state index in [1.54, 1.807) is 29.2 Å². The maximum Gasteiger partial charge on any atom is 0.258 e. The van der Waals surface area contributed by atoms with E-state index in [0.29, 0.717) is 17.9 Å². The van der Waals surface area contributed by atoms with Gasteiger partial charge in [-0.15, -0.1) is 0 Å². The summed E-state index contributed by atoms with van der Waals surface area (Å²) in [6.07, 6.45) is 4.82. The molecule has 0 saturated carbocycles. The molecule has 3 aromatic rings. The highest BCUT2D eigenvalue weighted by Crippen LogP contribution is 2.15. The number of carbonyl (C=O) groups is 1. The summed E-state index contributed by atoms with van der Waals surface area (Å²) in [6.45, 7) is 0.576. The molecule has 23 heavy (non-hydrogen) atoms. The van der Waals surface area contributed by atoms with Crippen LogP contribution in [0.4, 0.5) is 5.82 Å². The van der Waals surface area contributed by atoms with Crippen LogP contribution < -0.4 is 5.32 Å². The van der Waals surface area contributed by atoms with Gasteiger partial charge in [-0.2, -0.15) is 5.10 Å². The van der Waals surface area contributed by atoms with Crippen LogP contribution in [0.1, 0.15) is 15.9 Å². The fraction of sp³-hybridized carbons (Fsp3) is 0.0625. The van der Waals surface area contributed by atoms with Gasteiger partial charge in [-0.1, -0.05) is 28.1 Å². The zero-order valence-corrected chi connectivity index (χ0v) is 15.1. The molecule has 0 bridgehead atoms. The second kappa shape index (κ2) is 7.06. The Labute approximate surface area is 150 Å². The molecule has 0 unspecified atom stereocenters. The number of anilines is 1. The molecule has 116 valence electrons.